The average molecular weight is 438 g/mol. The number of nitrogens with zero attached hydrogens (tertiary/aromatic N) is 5. The van der Waals surface area contributed by atoms with Gasteiger partial charge in [-0.3, -0.25) is 9.59 Å². The van der Waals surface area contributed by atoms with Crippen molar-refractivity contribution in [2.45, 2.75) is 32.1 Å². The van der Waals surface area contributed by atoms with E-state index in [1.807, 2.05) is 36.4 Å². The van der Waals surface area contributed by atoms with Gasteiger partial charge in [-0.2, -0.15) is 5.10 Å². The summed E-state index contributed by atoms with van der Waals surface area (Å²) >= 11 is 0. The zero-order valence-corrected chi connectivity index (χ0v) is 17.8. The van der Waals surface area contributed by atoms with Crippen LogP contribution in [0.25, 0.3) is 0 Å². The number of amides is 2. The first-order valence-electron chi connectivity index (χ1n) is 10.4. The summed E-state index contributed by atoms with van der Waals surface area (Å²) in [5.41, 5.74) is 1.88. The minimum atomic E-state index is -0.700. The Bertz CT molecular complexity index is 1060. The molecule has 2 amide bonds. The Morgan fingerprint density at radius 2 is 2.12 bits per heavy atom. The number of hydrogen-bond donors (Lipinski definition) is 3. The van der Waals surface area contributed by atoms with Crippen LogP contribution in [0.1, 0.15) is 28.3 Å². The molecule has 1 aliphatic rings. The molecule has 0 saturated carbocycles. The number of ether oxygens (including phenoxy) is 1. The molecule has 11 nitrogen and oxygen atoms in total. The minimum absolute atomic E-state index is 0.0279. The second-order valence-electron chi connectivity index (χ2n) is 7.47. The van der Waals surface area contributed by atoms with Gasteiger partial charge in [0.25, 0.3) is 5.91 Å². The SMILES string of the molecule is COCCNCc1cc2n(n1)CC[C@H](NC(=O)c1ncn(Cc3ccccc3)n1)C(=O)N2. The predicted molar refractivity (Wildman–Crippen MR) is 116 cm³/mol. The highest BCUT2D eigenvalue weighted by molar-refractivity contribution is 5.99. The second-order valence-corrected chi connectivity index (χ2v) is 7.47. The molecule has 4 rings (SSSR count). The summed E-state index contributed by atoms with van der Waals surface area (Å²) in [4.78, 5) is 29.3. The summed E-state index contributed by atoms with van der Waals surface area (Å²) < 4.78 is 8.34. The lowest BCUT2D eigenvalue weighted by molar-refractivity contribution is -0.118. The maximum atomic E-state index is 12.7. The first-order chi connectivity index (χ1) is 15.6. The van der Waals surface area contributed by atoms with Gasteiger partial charge in [0.05, 0.1) is 18.8 Å². The van der Waals surface area contributed by atoms with Crippen molar-refractivity contribution in [2.24, 2.45) is 0 Å². The highest BCUT2D eigenvalue weighted by atomic mass is 16.5. The molecule has 3 N–H and O–H groups in total. The maximum Gasteiger partial charge on any atom is 0.291 e. The molecular weight excluding hydrogens is 412 g/mol. The van der Waals surface area contributed by atoms with Crippen molar-refractivity contribution in [3.05, 3.63) is 59.8 Å². The number of aryl methyl sites for hydroxylation is 1. The third kappa shape index (κ3) is 5.37. The summed E-state index contributed by atoms with van der Waals surface area (Å²) in [6.07, 6.45) is 1.92. The Hall–Kier alpha value is -3.57. The largest absolute Gasteiger partial charge is 0.383 e. The van der Waals surface area contributed by atoms with E-state index in [4.69, 9.17) is 4.74 Å². The second kappa shape index (κ2) is 10.2. The van der Waals surface area contributed by atoms with Gasteiger partial charge in [-0.1, -0.05) is 30.3 Å². The van der Waals surface area contributed by atoms with Crippen LogP contribution in [-0.4, -0.2) is 62.7 Å². The van der Waals surface area contributed by atoms with Gasteiger partial charge < -0.3 is 20.7 Å². The van der Waals surface area contributed by atoms with E-state index < -0.39 is 11.9 Å². The number of anilines is 1. The Labute approximate surface area is 185 Å². The van der Waals surface area contributed by atoms with E-state index in [-0.39, 0.29) is 11.7 Å². The first-order valence-corrected chi connectivity index (χ1v) is 10.4. The fraction of sp³-hybridized carbons (Fsp3) is 0.381. The highest BCUT2D eigenvalue weighted by Crippen LogP contribution is 2.17. The quantitative estimate of drug-likeness (QED) is 0.413. The first kappa shape index (κ1) is 21.7. The summed E-state index contributed by atoms with van der Waals surface area (Å²) in [5.74, 6) is -0.139. The van der Waals surface area contributed by atoms with Crippen molar-refractivity contribution in [1.82, 2.24) is 35.2 Å². The fourth-order valence-corrected chi connectivity index (χ4v) is 3.42. The van der Waals surface area contributed by atoms with Gasteiger partial charge in [-0.05, 0) is 12.0 Å². The molecule has 1 aromatic carbocycles. The van der Waals surface area contributed by atoms with E-state index in [2.05, 4.69) is 31.1 Å². The zero-order valence-electron chi connectivity index (χ0n) is 17.8. The van der Waals surface area contributed by atoms with Crippen LogP contribution in [0.5, 0.6) is 0 Å². The van der Waals surface area contributed by atoms with Crippen molar-refractivity contribution in [2.75, 3.05) is 25.6 Å². The van der Waals surface area contributed by atoms with Crippen molar-refractivity contribution in [3.8, 4) is 0 Å². The summed E-state index contributed by atoms with van der Waals surface area (Å²) in [6, 6.07) is 10.9. The molecule has 0 spiro atoms. The summed E-state index contributed by atoms with van der Waals surface area (Å²) in [6.45, 7) is 2.91. The van der Waals surface area contributed by atoms with Crippen molar-refractivity contribution in [3.63, 3.8) is 0 Å². The van der Waals surface area contributed by atoms with Crippen LogP contribution in [0.2, 0.25) is 0 Å². The van der Waals surface area contributed by atoms with Gasteiger partial charge >= 0.3 is 0 Å². The number of carbonyl (C=O) groups excluding carboxylic acids is 2. The minimum Gasteiger partial charge on any atom is -0.383 e. The Morgan fingerprint density at radius 1 is 1.28 bits per heavy atom. The van der Waals surface area contributed by atoms with Crippen LogP contribution in [0.4, 0.5) is 5.82 Å². The molecule has 0 unspecified atom stereocenters. The number of fused-ring (bicyclic) bond motifs is 1. The third-order valence-electron chi connectivity index (χ3n) is 5.05. The number of nitrogens with one attached hydrogen (secondary N) is 3. The van der Waals surface area contributed by atoms with Crippen molar-refractivity contribution >= 4 is 17.6 Å². The molecular formula is C21H26N8O3. The van der Waals surface area contributed by atoms with Crippen LogP contribution in [0, 0.1) is 0 Å². The molecule has 2 aromatic heterocycles. The normalized spacial score (nSPS) is 15.7. The molecule has 1 atom stereocenters. The Morgan fingerprint density at radius 3 is 2.94 bits per heavy atom. The molecule has 0 fully saturated rings. The van der Waals surface area contributed by atoms with Gasteiger partial charge in [-0.15, -0.1) is 5.10 Å². The molecule has 0 aliphatic carbocycles. The lowest BCUT2D eigenvalue weighted by atomic mass is 10.2. The number of hydrogen-bond acceptors (Lipinski definition) is 7. The molecule has 32 heavy (non-hydrogen) atoms. The molecule has 0 radical (unpaired) electrons. The predicted octanol–water partition coefficient (Wildman–Crippen LogP) is 0.400. The van der Waals surface area contributed by atoms with Gasteiger partial charge in [0.2, 0.25) is 11.7 Å². The number of rotatable bonds is 9. The lowest BCUT2D eigenvalue weighted by Gasteiger charge is -2.13. The molecule has 0 saturated heterocycles. The third-order valence-corrected chi connectivity index (χ3v) is 5.05. The van der Waals surface area contributed by atoms with Crippen LogP contribution in [-0.2, 0) is 29.2 Å². The van der Waals surface area contributed by atoms with E-state index in [0.29, 0.717) is 45.0 Å². The molecule has 1 aliphatic heterocycles. The molecule has 3 aromatic rings. The smallest absolute Gasteiger partial charge is 0.291 e. The maximum absolute atomic E-state index is 12.7. The van der Waals surface area contributed by atoms with Gasteiger partial charge in [0.1, 0.15) is 18.2 Å². The Balaban J connectivity index is 1.32. The fourth-order valence-electron chi connectivity index (χ4n) is 3.42. The number of benzene rings is 1. The van der Waals surface area contributed by atoms with Crippen LogP contribution < -0.4 is 16.0 Å². The summed E-state index contributed by atoms with van der Waals surface area (Å²) in [7, 11) is 1.65. The molecule has 3 heterocycles. The van der Waals surface area contributed by atoms with Crippen LogP contribution >= 0.6 is 0 Å². The highest BCUT2D eigenvalue weighted by Gasteiger charge is 2.27. The lowest BCUT2D eigenvalue weighted by Crippen LogP contribution is -2.43. The topological polar surface area (TPSA) is 128 Å². The zero-order chi connectivity index (χ0) is 22.3. The van der Waals surface area contributed by atoms with Crippen LogP contribution in [0.15, 0.2) is 42.7 Å². The standard InChI is InChI=1S/C21H26N8O3/c1-32-10-8-22-12-16-11-18-25-20(30)17(7-9-29(18)26-16)24-21(31)19-23-14-28(27-19)13-15-5-3-2-4-6-15/h2-6,11,14,17,22H,7-10,12-13H2,1H3,(H,24,31)(H,25,30)/t17-/m0/s1. The van der Waals surface area contributed by atoms with Crippen molar-refractivity contribution in [1.29, 1.82) is 0 Å². The van der Waals surface area contributed by atoms with E-state index >= 15 is 0 Å². The number of aromatic nitrogens is 5. The average Bonchev–Trinajstić information content (AvgIpc) is 3.38. The monoisotopic (exact) mass is 438 g/mol. The van der Waals surface area contributed by atoms with Crippen LogP contribution in [0.3, 0.4) is 0 Å². The van der Waals surface area contributed by atoms with E-state index in [9.17, 15) is 9.59 Å². The number of methoxy groups -OCH3 is 1. The van der Waals surface area contributed by atoms with E-state index in [1.165, 1.54) is 6.33 Å². The van der Waals surface area contributed by atoms with Gasteiger partial charge in [0.15, 0.2) is 0 Å². The van der Waals surface area contributed by atoms with E-state index in [0.717, 1.165) is 11.3 Å². The molecule has 0 bridgehead atoms. The molecule has 168 valence electrons. The Kier molecular flexibility index (Phi) is 6.87. The molecule has 11 heteroatoms. The van der Waals surface area contributed by atoms with Crippen molar-refractivity contribution < 1.29 is 14.3 Å². The number of carbonyl (C=O) groups is 2. The summed E-state index contributed by atoms with van der Waals surface area (Å²) in [5, 5.41) is 17.5. The van der Waals surface area contributed by atoms with E-state index in [1.54, 1.807) is 16.5 Å². The van der Waals surface area contributed by atoms with Gasteiger partial charge in [-0.25, -0.2) is 14.3 Å². The van der Waals surface area contributed by atoms with Gasteiger partial charge in [0, 0.05) is 32.8 Å².